The Morgan fingerprint density at radius 1 is 1.55 bits per heavy atom. The fourth-order valence-electron chi connectivity index (χ4n) is 0.575. The summed E-state index contributed by atoms with van der Waals surface area (Å²) in [6.07, 6.45) is 0. The lowest BCUT2D eigenvalue weighted by Crippen LogP contribution is -2.16. The molecule has 0 bridgehead atoms. The van der Waals surface area contributed by atoms with Crippen molar-refractivity contribution in [3.8, 4) is 6.01 Å². The summed E-state index contributed by atoms with van der Waals surface area (Å²) in [4.78, 5) is 16.7. The van der Waals surface area contributed by atoms with Crippen molar-refractivity contribution >= 4 is 11.5 Å². The van der Waals surface area contributed by atoms with Crippen LogP contribution in [-0.2, 0) is 0 Å². The number of methoxy groups -OCH3 is 1. The zero-order valence-corrected chi connectivity index (χ0v) is 5.92. The number of hydrogen-bond donors (Lipinski definition) is 3. The summed E-state index contributed by atoms with van der Waals surface area (Å²) in [5.74, 6) is -0.0226. The minimum Gasteiger partial charge on any atom is -0.468 e. The molecule has 1 heterocycles. The molecule has 11 heavy (non-hydrogen) atoms. The number of aromatic nitrogens is 2. The normalized spacial score (nSPS) is 9.55. The van der Waals surface area contributed by atoms with Crippen LogP contribution in [-0.4, -0.2) is 17.1 Å². The minimum absolute atomic E-state index is 0.0226. The molecule has 0 unspecified atom stereocenters. The summed E-state index contributed by atoms with van der Waals surface area (Å²) in [6.45, 7) is 0. The predicted octanol–water partition coefficient (Wildman–Crippen LogP) is -1.06. The number of nitrogens with one attached hydrogen (secondary N) is 1. The standard InChI is InChI=1S/C5H8N4O2/c1-11-5-8-3(7)2(6)4(10)9-5/h6H2,1H3,(H3,7,8,9,10). The Kier molecular flexibility index (Phi) is 1.67. The molecule has 0 aliphatic rings. The number of rotatable bonds is 1. The highest BCUT2D eigenvalue weighted by Gasteiger charge is 2.03. The van der Waals surface area contributed by atoms with Gasteiger partial charge in [0, 0.05) is 0 Å². The maximum Gasteiger partial charge on any atom is 0.298 e. The molecular formula is C5H8N4O2. The smallest absolute Gasteiger partial charge is 0.298 e. The van der Waals surface area contributed by atoms with E-state index < -0.39 is 5.56 Å². The van der Waals surface area contributed by atoms with Gasteiger partial charge in [-0.3, -0.25) is 9.78 Å². The van der Waals surface area contributed by atoms with Crippen molar-refractivity contribution in [1.29, 1.82) is 0 Å². The van der Waals surface area contributed by atoms with Gasteiger partial charge in [0.1, 0.15) is 5.69 Å². The molecule has 0 amide bonds. The second kappa shape index (κ2) is 2.49. The summed E-state index contributed by atoms with van der Waals surface area (Å²) >= 11 is 0. The van der Waals surface area contributed by atoms with Crippen molar-refractivity contribution in [2.24, 2.45) is 0 Å². The lowest BCUT2D eigenvalue weighted by molar-refractivity contribution is 0.379. The van der Waals surface area contributed by atoms with Crippen molar-refractivity contribution in [2.45, 2.75) is 0 Å². The summed E-state index contributed by atoms with van der Waals surface area (Å²) in [7, 11) is 1.37. The third kappa shape index (κ3) is 1.23. The van der Waals surface area contributed by atoms with Crippen LogP contribution >= 0.6 is 0 Å². The Morgan fingerprint density at radius 2 is 2.18 bits per heavy atom. The molecule has 0 aromatic carbocycles. The molecule has 0 radical (unpaired) electrons. The van der Waals surface area contributed by atoms with Crippen LogP contribution in [0.15, 0.2) is 4.79 Å². The first kappa shape index (κ1) is 7.39. The van der Waals surface area contributed by atoms with Gasteiger partial charge in [0.2, 0.25) is 0 Å². The SMILES string of the molecule is COc1nc(N)c(N)c(=O)[nH]1. The van der Waals surface area contributed by atoms with Gasteiger partial charge in [-0.05, 0) is 0 Å². The first-order valence-electron chi connectivity index (χ1n) is 2.84. The molecule has 0 atom stereocenters. The lowest BCUT2D eigenvalue weighted by atomic mass is 10.5. The Bertz CT molecular complexity index is 319. The van der Waals surface area contributed by atoms with Gasteiger partial charge in [-0.25, -0.2) is 0 Å². The lowest BCUT2D eigenvalue weighted by Gasteiger charge is -2.00. The number of nitrogen functional groups attached to an aromatic ring is 2. The van der Waals surface area contributed by atoms with Crippen LogP contribution in [0.4, 0.5) is 11.5 Å². The van der Waals surface area contributed by atoms with Crippen molar-refractivity contribution in [3.05, 3.63) is 10.4 Å². The number of nitrogens with zero attached hydrogens (tertiary/aromatic N) is 1. The number of H-pyrrole nitrogens is 1. The summed E-state index contributed by atoms with van der Waals surface area (Å²) in [6, 6.07) is 0.0571. The van der Waals surface area contributed by atoms with E-state index in [1.807, 2.05) is 0 Å². The third-order valence-corrected chi connectivity index (χ3v) is 1.16. The second-order valence-electron chi connectivity index (χ2n) is 1.87. The van der Waals surface area contributed by atoms with Crippen molar-refractivity contribution < 1.29 is 4.74 Å². The third-order valence-electron chi connectivity index (χ3n) is 1.16. The molecule has 6 heteroatoms. The van der Waals surface area contributed by atoms with E-state index in [-0.39, 0.29) is 17.5 Å². The van der Waals surface area contributed by atoms with E-state index >= 15 is 0 Å². The highest BCUT2D eigenvalue weighted by molar-refractivity contribution is 5.56. The summed E-state index contributed by atoms with van der Waals surface area (Å²) in [5.41, 5.74) is 9.90. The van der Waals surface area contributed by atoms with Crippen molar-refractivity contribution in [3.63, 3.8) is 0 Å². The van der Waals surface area contributed by atoms with Gasteiger partial charge < -0.3 is 16.2 Å². The average Bonchev–Trinajstić information content (AvgIpc) is 1.99. The van der Waals surface area contributed by atoms with Crippen LogP contribution in [0.1, 0.15) is 0 Å². The molecule has 1 rings (SSSR count). The maximum atomic E-state index is 10.8. The monoisotopic (exact) mass is 156 g/mol. The van der Waals surface area contributed by atoms with Crippen LogP contribution < -0.4 is 21.8 Å². The van der Waals surface area contributed by atoms with Gasteiger partial charge >= 0.3 is 0 Å². The Hall–Kier alpha value is -1.72. The molecule has 0 aliphatic heterocycles. The Labute approximate surface area is 62.2 Å². The topological polar surface area (TPSA) is 107 Å². The number of aromatic amines is 1. The van der Waals surface area contributed by atoms with E-state index in [1.165, 1.54) is 7.11 Å². The molecule has 0 spiro atoms. The number of nitrogens with two attached hydrogens (primary N) is 2. The molecule has 60 valence electrons. The van der Waals surface area contributed by atoms with Gasteiger partial charge in [-0.15, -0.1) is 0 Å². The fourth-order valence-corrected chi connectivity index (χ4v) is 0.575. The van der Waals surface area contributed by atoms with E-state index in [1.54, 1.807) is 0 Å². The molecule has 0 saturated carbocycles. The highest BCUT2D eigenvalue weighted by Crippen LogP contribution is 2.06. The van der Waals surface area contributed by atoms with Crippen LogP contribution in [0, 0.1) is 0 Å². The second-order valence-corrected chi connectivity index (χ2v) is 1.87. The van der Waals surface area contributed by atoms with Crippen LogP contribution in [0.5, 0.6) is 6.01 Å². The quantitative estimate of drug-likeness (QED) is 0.480. The van der Waals surface area contributed by atoms with Gasteiger partial charge in [0.05, 0.1) is 7.11 Å². The molecule has 0 saturated heterocycles. The van der Waals surface area contributed by atoms with Crippen LogP contribution in [0.25, 0.3) is 0 Å². The van der Waals surface area contributed by atoms with Gasteiger partial charge in [-0.1, -0.05) is 0 Å². The maximum absolute atomic E-state index is 10.8. The summed E-state index contributed by atoms with van der Waals surface area (Å²) < 4.78 is 4.63. The largest absolute Gasteiger partial charge is 0.468 e. The van der Waals surface area contributed by atoms with E-state index in [4.69, 9.17) is 11.5 Å². The van der Waals surface area contributed by atoms with E-state index in [9.17, 15) is 4.79 Å². The number of anilines is 2. The average molecular weight is 156 g/mol. The zero-order valence-electron chi connectivity index (χ0n) is 5.92. The molecule has 6 nitrogen and oxygen atoms in total. The van der Waals surface area contributed by atoms with E-state index in [2.05, 4.69) is 14.7 Å². The highest BCUT2D eigenvalue weighted by atomic mass is 16.5. The molecular weight excluding hydrogens is 148 g/mol. The zero-order chi connectivity index (χ0) is 8.43. The van der Waals surface area contributed by atoms with E-state index in [0.29, 0.717) is 0 Å². The molecule has 0 aliphatic carbocycles. The first-order valence-corrected chi connectivity index (χ1v) is 2.84. The predicted molar refractivity (Wildman–Crippen MR) is 40.2 cm³/mol. The minimum atomic E-state index is -0.491. The van der Waals surface area contributed by atoms with Crippen LogP contribution in [0.3, 0.4) is 0 Å². The Morgan fingerprint density at radius 3 is 2.64 bits per heavy atom. The number of hydrogen-bond acceptors (Lipinski definition) is 5. The summed E-state index contributed by atoms with van der Waals surface area (Å²) in [5, 5.41) is 0. The van der Waals surface area contributed by atoms with Crippen molar-refractivity contribution in [2.75, 3.05) is 18.6 Å². The number of ether oxygens (including phenoxy) is 1. The first-order chi connectivity index (χ1) is 5.15. The molecule has 1 aromatic rings. The Balaban J connectivity index is 3.32. The van der Waals surface area contributed by atoms with Crippen molar-refractivity contribution in [1.82, 2.24) is 9.97 Å². The molecule has 0 fully saturated rings. The van der Waals surface area contributed by atoms with Gasteiger partial charge in [-0.2, -0.15) is 4.98 Å². The van der Waals surface area contributed by atoms with Gasteiger partial charge in [0.15, 0.2) is 5.82 Å². The van der Waals surface area contributed by atoms with Crippen LogP contribution in [0.2, 0.25) is 0 Å². The van der Waals surface area contributed by atoms with Gasteiger partial charge in [0.25, 0.3) is 11.6 Å². The fraction of sp³-hybridized carbons (Fsp3) is 0.200. The van der Waals surface area contributed by atoms with E-state index in [0.717, 1.165) is 0 Å². The molecule has 1 aromatic heterocycles. The molecule has 5 N–H and O–H groups in total.